The van der Waals surface area contributed by atoms with E-state index in [1.807, 2.05) is 11.8 Å². The van der Waals surface area contributed by atoms with Gasteiger partial charge >= 0.3 is 0 Å². The van der Waals surface area contributed by atoms with E-state index in [2.05, 4.69) is 22.2 Å². The molecule has 134 valence electrons. The lowest BCUT2D eigenvalue weighted by Gasteiger charge is -2.61. The van der Waals surface area contributed by atoms with Crippen molar-refractivity contribution in [3.05, 3.63) is 24.0 Å². The quantitative estimate of drug-likeness (QED) is 0.889. The van der Waals surface area contributed by atoms with Crippen molar-refractivity contribution in [1.82, 2.24) is 14.8 Å². The van der Waals surface area contributed by atoms with Crippen LogP contribution in [0.2, 0.25) is 0 Å². The Balaban J connectivity index is 1.43. The lowest BCUT2D eigenvalue weighted by atomic mass is 9.77. The van der Waals surface area contributed by atoms with Gasteiger partial charge in [0.15, 0.2) is 0 Å². The van der Waals surface area contributed by atoms with Gasteiger partial charge in [-0.1, -0.05) is 0 Å². The van der Waals surface area contributed by atoms with Gasteiger partial charge in [-0.05, 0) is 45.4 Å². The van der Waals surface area contributed by atoms with Gasteiger partial charge in [0.25, 0.3) is 11.8 Å². The molecule has 1 aromatic rings. The van der Waals surface area contributed by atoms with E-state index >= 15 is 0 Å². The number of likely N-dealkylation sites (N-methyl/N-ethyl adjacent to an activating group) is 1. The first kappa shape index (κ1) is 16.5. The summed E-state index contributed by atoms with van der Waals surface area (Å²) < 4.78 is 5.59. The fourth-order valence-electron chi connectivity index (χ4n) is 4.13. The van der Waals surface area contributed by atoms with Gasteiger partial charge in [0.05, 0.1) is 11.6 Å². The molecule has 3 aliphatic rings. The number of carbonyl (C=O) groups excluding carboxylic acids is 2. The molecule has 0 aromatic carbocycles. The van der Waals surface area contributed by atoms with Crippen LogP contribution >= 0.6 is 0 Å². The Kier molecular flexibility index (Phi) is 4.00. The Morgan fingerprint density at radius 3 is 2.76 bits per heavy atom. The van der Waals surface area contributed by atoms with Crippen LogP contribution < -0.4 is 5.32 Å². The fourth-order valence-corrected chi connectivity index (χ4v) is 4.13. The van der Waals surface area contributed by atoms with E-state index in [0.29, 0.717) is 11.4 Å². The summed E-state index contributed by atoms with van der Waals surface area (Å²) in [7, 11) is 2.06. The number of pyridine rings is 1. The van der Waals surface area contributed by atoms with Gasteiger partial charge in [0.2, 0.25) is 0 Å². The molecule has 1 N–H and O–H groups in total. The summed E-state index contributed by atoms with van der Waals surface area (Å²) in [6.45, 7) is 4.59. The van der Waals surface area contributed by atoms with Gasteiger partial charge in [0.1, 0.15) is 11.8 Å². The molecule has 2 unspecified atom stereocenters. The van der Waals surface area contributed by atoms with Gasteiger partial charge in [0, 0.05) is 31.5 Å². The molecule has 2 amide bonds. The first-order valence-corrected chi connectivity index (χ1v) is 8.90. The maximum atomic E-state index is 12.8. The topological polar surface area (TPSA) is 74.8 Å². The molecule has 25 heavy (non-hydrogen) atoms. The van der Waals surface area contributed by atoms with E-state index in [0.717, 1.165) is 38.9 Å². The Morgan fingerprint density at radius 1 is 1.36 bits per heavy atom. The van der Waals surface area contributed by atoms with Crippen LogP contribution in [0.25, 0.3) is 0 Å². The second kappa shape index (κ2) is 6.07. The molecule has 0 saturated carbocycles. The normalized spacial score (nSPS) is 27.7. The highest BCUT2D eigenvalue weighted by Gasteiger charge is 2.54. The highest BCUT2D eigenvalue weighted by molar-refractivity contribution is 5.97. The van der Waals surface area contributed by atoms with Crippen molar-refractivity contribution in [2.24, 2.45) is 0 Å². The Morgan fingerprint density at radius 2 is 2.16 bits per heavy atom. The van der Waals surface area contributed by atoms with Crippen LogP contribution in [0, 0.1) is 0 Å². The summed E-state index contributed by atoms with van der Waals surface area (Å²) >= 11 is 0. The minimum Gasteiger partial charge on any atom is -0.365 e. The molecule has 3 saturated heterocycles. The molecule has 3 fully saturated rings. The van der Waals surface area contributed by atoms with E-state index < -0.39 is 6.10 Å². The molecule has 4 rings (SSSR count). The molecule has 0 radical (unpaired) electrons. The maximum Gasteiger partial charge on any atom is 0.273 e. The summed E-state index contributed by atoms with van der Waals surface area (Å²) in [5, 5.41) is 2.85. The number of ether oxygens (including phenoxy) is 1. The summed E-state index contributed by atoms with van der Waals surface area (Å²) in [6.07, 6.45) is 3.95. The van der Waals surface area contributed by atoms with Crippen molar-refractivity contribution in [2.75, 3.05) is 32.0 Å². The molecule has 3 aliphatic heterocycles. The zero-order valence-corrected chi connectivity index (χ0v) is 14.7. The van der Waals surface area contributed by atoms with Crippen LogP contribution in [-0.4, -0.2) is 71.0 Å². The number of amides is 2. The molecule has 4 heterocycles. The van der Waals surface area contributed by atoms with Crippen molar-refractivity contribution < 1.29 is 14.3 Å². The highest BCUT2D eigenvalue weighted by atomic mass is 16.5. The van der Waals surface area contributed by atoms with E-state index in [-0.39, 0.29) is 23.5 Å². The Hall–Kier alpha value is -1.99. The molecule has 0 aliphatic carbocycles. The molecular formula is C18H24N4O3. The SMILES string of the molecule is CC1CCC(C(=O)Nc2ccnc(C(=O)N3CCC34CN(C)C4)c2)O1. The van der Waals surface area contributed by atoms with Crippen LogP contribution in [-0.2, 0) is 9.53 Å². The Bertz CT molecular complexity index is 701. The minimum atomic E-state index is -0.411. The van der Waals surface area contributed by atoms with Gasteiger partial charge in [-0.3, -0.25) is 14.6 Å². The monoisotopic (exact) mass is 344 g/mol. The average molecular weight is 344 g/mol. The molecule has 0 bridgehead atoms. The zero-order chi connectivity index (χ0) is 17.6. The maximum absolute atomic E-state index is 12.8. The summed E-state index contributed by atoms with van der Waals surface area (Å²) in [6, 6.07) is 3.36. The number of rotatable bonds is 3. The largest absolute Gasteiger partial charge is 0.365 e. The number of hydrogen-bond donors (Lipinski definition) is 1. The van der Waals surface area contributed by atoms with Crippen LogP contribution in [0.3, 0.4) is 0 Å². The van der Waals surface area contributed by atoms with E-state index in [1.165, 1.54) is 0 Å². The number of nitrogens with one attached hydrogen (secondary N) is 1. The van der Waals surface area contributed by atoms with E-state index in [4.69, 9.17) is 4.74 Å². The first-order chi connectivity index (χ1) is 12.0. The standard InChI is InChI=1S/C18H24N4O3/c1-12-3-4-15(25-12)16(23)20-13-5-7-19-14(9-13)17(24)22-8-6-18(22)10-21(2)11-18/h5,7,9,12,15H,3-4,6,8,10-11H2,1-2H3,(H,19,20,23). The molecular weight excluding hydrogens is 320 g/mol. The van der Waals surface area contributed by atoms with Gasteiger partial charge in [-0.25, -0.2) is 0 Å². The second-order valence-corrected chi connectivity index (χ2v) is 7.54. The number of likely N-dealkylation sites (tertiary alicyclic amines) is 2. The van der Waals surface area contributed by atoms with Gasteiger partial charge in [-0.15, -0.1) is 0 Å². The third-order valence-corrected chi connectivity index (χ3v) is 5.52. The number of aromatic nitrogens is 1. The van der Waals surface area contributed by atoms with Gasteiger partial charge in [-0.2, -0.15) is 0 Å². The molecule has 1 spiro atoms. The highest BCUT2D eigenvalue weighted by Crippen LogP contribution is 2.39. The van der Waals surface area contributed by atoms with Crippen molar-refractivity contribution in [1.29, 1.82) is 0 Å². The Labute approximate surface area is 147 Å². The van der Waals surface area contributed by atoms with Crippen LogP contribution in [0.4, 0.5) is 5.69 Å². The summed E-state index contributed by atoms with van der Waals surface area (Å²) in [5.41, 5.74) is 0.972. The molecule has 7 nitrogen and oxygen atoms in total. The van der Waals surface area contributed by atoms with E-state index in [1.54, 1.807) is 18.3 Å². The molecule has 7 heteroatoms. The van der Waals surface area contributed by atoms with E-state index in [9.17, 15) is 9.59 Å². The first-order valence-electron chi connectivity index (χ1n) is 8.90. The van der Waals surface area contributed by atoms with Crippen molar-refractivity contribution in [2.45, 2.75) is 43.9 Å². The summed E-state index contributed by atoms with van der Waals surface area (Å²) in [4.78, 5) is 33.4. The average Bonchev–Trinajstić information content (AvgIpc) is 2.97. The molecule has 2 atom stereocenters. The third kappa shape index (κ3) is 2.91. The summed E-state index contributed by atoms with van der Waals surface area (Å²) in [5.74, 6) is -0.212. The number of nitrogens with zero attached hydrogens (tertiary/aromatic N) is 3. The van der Waals surface area contributed by atoms with Crippen molar-refractivity contribution in [3.8, 4) is 0 Å². The second-order valence-electron chi connectivity index (χ2n) is 7.54. The minimum absolute atomic E-state index is 0.000587. The predicted molar refractivity (Wildman–Crippen MR) is 92.3 cm³/mol. The lowest BCUT2D eigenvalue weighted by Crippen LogP contribution is -2.77. The van der Waals surface area contributed by atoms with Gasteiger partial charge < -0.3 is 19.9 Å². The van der Waals surface area contributed by atoms with Crippen molar-refractivity contribution in [3.63, 3.8) is 0 Å². The lowest BCUT2D eigenvalue weighted by molar-refractivity contribution is -0.126. The fraction of sp³-hybridized carbons (Fsp3) is 0.611. The van der Waals surface area contributed by atoms with Crippen LogP contribution in [0.1, 0.15) is 36.7 Å². The van der Waals surface area contributed by atoms with Crippen LogP contribution in [0.15, 0.2) is 18.3 Å². The predicted octanol–water partition coefficient (Wildman–Crippen LogP) is 1.12. The van der Waals surface area contributed by atoms with Crippen molar-refractivity contribution >= 4 is 17.5 Å². The van der Waals surface area contributed by atoms with Crippen LogP contribution in [0.5, 0.6) is 0 Å². The zero-order valence-electron chi connectivity index (χ0n) is 14.7. The number of hydrogen-bond acceptors (Lipinski definition) is 5. The number of carbonyl (C=O) groups is 2. The number of anilines is 1. The third-order valence-electron chi connectivity index (χ3n) is 5.52. The molecule has 1 aromatic heterocycles. The smallest absolute Gasteiger partial charge is 0.273 e.